The molecule has 0 N–H and O–H groups in total. The van der Waals surface area contributed by atoms with Gasteiger partial charge in [0.2, 0.25) is 10.8 Å². The Bertz CT molecular complexity index is 265. The van der Waals surface area contributed by atoms with E-state index in [-0.39, 0.29) is 6.79 Å². The van der Waals surface area contributed by atoms with Gasteiger partial charge in [-0.2, -0.15) is 4.57 Å². The van der Waals surface area contributed by atoms with Crippen LogP contribution < -0.4 is 9.30 Å². The molecule has 0 bridgehead atoms. The predicted octanol–water partition coefficient (Wildman–Crippen LogP) is 1.26. The first kappa shape index (κ1) is 9.48. The van der Waals surface area contributed by atoms with E-state index in [1.54, 1.807) is 7.11 Å². The van der Waals surface area contributed by atoms with E-state index in [1.165, 1.54) is 0 Å². The van der Waals surface area contributed by atoms with Crippen molar-refractivity contribution in [3.8, 4) is 5.75 Å². The Hall–Kier alpha value is -0.610. The summed E-state index contributed by atoms with van der Waals surface area (Å²) < 4.78 is 12.9. The third-order valence-corrected chi connectivity index (χ3v) is 2.21. The van der Waals surface area contributed by atoms with Crippen LogP contribution in [0.5, 0.6) is 5.75 Å². The number of hydrogen-bond donors (Lipinski definition) is 0. The molecule has 0 aliphatic heterocycles. The van der Waals surface area contributed by atoms with Crippen LogP contribution in [0.25, 0.3) is 0 Å². The lowest BCUT2D eigenvalue weighted by Crippen LogP contribution is -2.29. The number of halogens is 1. The van der Waals surface area contributed by atoms with Crippen LogP contribution in [0.2, 0.25) is 0 Å². The van der Waals surface area contributed by atoms with Crippen LogP contribution in [0.15, 0.2) is 22.9 Å². The Kier molecular flexibility index (Phi) is 3.49. The first-order valence-corrected chi connectivity index (χ1v) is 4.30. The number of ether oxygens (including phenoxy) is 2. The lowest BCUT2D eigenvalue weighted by molar-refractivity contribution is -0.682. The van der Waals surface area contributed by atoms with E-state index in [4.69, 9.17) is 9.47 Å². The number of aryl methyl sites for hydroxylation is 1. The van der Waals surface area contributed by atoms with Crippen molar-refractivity contribution >= 4 is 15.9 Å². The lowest BCUT2D eigenvalue weighted by atomic mass is 10.4. The second-order valence-corrected chi connectivity index (χ2v) is 3.16. The normalized spacial score (nSPS) is 9.92. The van der Waals surface area contributed by atoms with E-state index in [0.29, 0.717) is 0 Å². The Morgan fingerprint density at radius 2 is 2.25 bits per heavy atom. The number of hydrogen-bond acceptors (Lipinski definition) is 2. The number of aromatic nitrogens is 1. The average Bonchev–Trinajstić information content (AvgIpc) is 2.07. The van der Waals surface area contributed by atoms with E-state index < -0.39 is 0 Å². The van der Waals surface area contributed by atoms with Crippen molar-refractivity contribution in [3.63, 3.8) is 0 Å². The molecule has 12 heavy (non-hydrogen) atoms. The Balaban J connectivity index is 2.69. The molecule has 0 amide bonds. The fourth-order valence-corrected chi connectivity index (χ4v) is 1.01. The number of rotatable bonds is 3. The van der Waals surface area contributed by atoms with Gasteiger partial charge in [-0.1, -0.05) is 0 Å². The second-order valence-electron chi connectivity index (χ2n) is 2.35. The van der Waals surface area contributed by atoms with E-state index in [0.717, 1.165) is 10.4 Å². The van der Waals surface area contributed by atoms with Crippen LogP contribution in [0.4, 0.5) is 0 Å². The van der Waals surface area contributed by atoms with E-state index in [9.17, 15) is 0 Å². The predicted molar refractivity (Wildman–Crippen MR) is 47.8 cm³/mol. The van der Waals surface area contributed by atoms with Gasteiger partial charge in [-0.3, -0.25) is 0 Å². The first-order chi connectivity index (χ1) is 5.74. The molecule has 0 aliphatic rings. The third kappa shape index (κ3) is 2.46. The molecule has 0 unspecified atom stereocenters. The van der Waals surface area contributed by atoms with E-state index in [2.05, 4.69) is 15.9 Å². The fourth-order valence-electron chi connectivity index (χ4n) is 0.776. The molecule has 0 fully saturated rings. The Labute approximate surface area is 80.1 Å². The summed E-state index contributed by atoms with van der Waals surface area (Å²) >= 11 is 3.37. The van der Waals surface area contributed by atoms with Crippen molar-refractivity contribution in [1.82, 2.24) is 0 Å². The maximum atomic E-state index is 5.23. The maximum absolute atomic E-state index is 5.23. The molecule has 4 heteroatoms. The van der Waals surface area contributed by atoms with Gasteiger partial charge in [-0.25, -0.2) is 0 Å². The third-order valence-electron chi connectivity index (χ3n) is 1.39. The average molecular weight is 233 g/mol. The van der Waals surface area contributed by atoms with Crippen molar-refractivity contribution < 1.29 is 14.0 Å². The van der Waals surface area contributed by atoms with Crippen LogP contribution in [0.3, 0.4) is 0 Å². The molecular weight excluding hydrogens is 222 g/mol. The largest absolute Gasteiger partial charge is 0.461 e. The molecule has 0 radical (unpaired) electrons. The van der Waals surface area contributed by atoms with Gasteiger partial charge in [-0.15, -0.1) is 0 Å². The first-order valence-electron chi connectivity index (χ1n) is 3.51. The Morgan fingerprint density at radius 1 is 1.50 bits per heavy atom. The monoisotopic (exact) mass is 232 g/mol. The molecule has 3 nitrogen and oxygen atoms in total. The minimum Gasteiger partial charge on any atom is -0.461 e. The molecule has 0 aromatic carbocycles. The van der Waals surface area contributed by atoms with E-state index >= 15 is 0 Å². The quantitative estimate of drug-likeness (QED) is 0.445. The van der Waals surface area contributed by atoms with Crippen molar-refractivity contribution in [3.05, 3.63) is 22.9 Å². The summed E-state index contributed by atoms with van der Waals surface area (Å²) in [4.78, 5) is 0. The molecule has 0 saturated heterocycles. The van der Waals surface area contributed by atoms with Crippen molar-refractivity contribution in [1.29, 1.82) is 0 Å². The molecule has 1 heterocycles. The molecule has 0 spiro atoms. The molecule has 1 rings (SSSR count). The van der Waals surface area contributed by atoms with Gasteiger partial charge >= 0.3 is 0 Å². The topological polar surface area (TPSA) is 22.3 Å². The standard InChI is InChI=1S/C8H11BrNO2/c1-10-5-7(12-6-11-2)3-4-8(10)9/h3-5H,6H2,1-2H3/q+1. The van der Waals surface area contributed by atoms with Crippen LogP contribution in [-0.2, 0) is 11.8 Å². The minimum atomic E-state index is 0.279. The smallest absolute Gasteiger partial charge is 0.247 e. The van der Waals surface area contributed by atoms with Crippen molar-refractivity contribution in [2.45, 2.75) is 0 Å². The van der Waals surface area contributed by atoms with Gasteiger partial charge < -0.3 is 9.47 Å². The zero-order valence-electron chi connectivity index (χ0n) is 7.08. The molecule has 0 aliphatic carbocycles. The summed E-state index contributed by atoms with van der Waals surface area (Å²) in [5.41, 5.74) is 0. The van der Waals surface area contributed by atoms with Crippen LogP contribution in [-0.4, -0.2) is 13.9 Å². The zero-order valence-corrected chi connectivity index (χ0v) is 8.67. The van der Waals surface area contributed by atoms with Crippen LogP contribution in [0, 0.1) is 0 Å². The highest BCUT2D eigenvalue weighted by molar-refractivity contribution is 9.10. The van der Waals surface area contributed by atoms with Crippen LogP contribution in [0.1, 0.15) is 0 Å². The van der Waals surface area contributed by atoms with Crippen molar-refractivity contribution in [2.75, 3.05) is 13.9 Å². The number of pyridine rings is 1. The summed E-state index contributed by atoms with van der Waals surface area (Å²) in [6.07, 6.45) is 1.88. The minimum absolute atomic E-state index is 0.279. The van der Waals surface area contributed by atoms with Crippen LogP contribution >= 0.6 is 15.9 Å². The van der Waals surface area contributed by atoms with Gasteiger partial charge in [0.05, 0.1) is 0 Å². The summed E-state index contributed by atoms with van der Waals surface area (Å²) in [7, 11) is 3.53. The fraction of sp³-hybridized carbons (Fsp3) is 0.375. The number of methoxy groups -OCH3 is 1. The SMILES string of the molecule is COCOc1ccc(Br)[n+](C)c1. The molecular formula is C8H11BrNO2+. The highest BCUT2D eigenvalue weighted by Gasteiger charge is 2.03. The zero-order chi connectivity index (χ0) is 8.97. The van der Waals surface area contributed by atoms with Crippen molar-refractivity contribution in [2.24, 2.45) is 7.05 Å². The number of nitrogens with zero attached hydrogens (tertiary/aromatic N) is 1. The van der Waals surface area contributed by atoms with Gasteiger partial charge in [0, 0.05) is 29.1 Å². The molecule has 1 aromatic heterocycles. The summed E-state index contributed by atoms with van der Waals surface area (Å²) in [6.45, 7) is 0.279. The highest BCUT2D eigenvalue weighted by atomic mass is 79.9. The van der Waals surface area contributed by atoms with E-state index in [1.807, 2.05) is 29.9 Å². The maximum Gasteiger partial charge on any atom is 0.247 e. The summed E-state index contributed by atoms with van der Waals surface area (Å²) in [5, 5.41) is 0. The van der Waals surface area contributed by atoms with Gasteiger partial charge in [0.1, 0.15) is 7.05 Å². The highest BCUT2D eigenvalue weighted by Crippen LogP contribution is 2.10. The molecule has 66 valence electrons. The summed E-state index contributed by atoms with van der Waals surface area (Å²) in [5.74, 6) is 0.794. The molecule has 1 aromatic rings. The second kappa shape index (κ2) is 4.42. The lowest BCUT2D eigenvalue weighted by Gasteiger charge is -2.02. The Morgan fingerprint density at radius 3 is 2.83 bits per heavy atom. The molecule has 0 atom stereocenters. The van der Waals surface area contributed by atoms with Gasteiger partial charge in [-0.05, 0) is 6.07 Å². The molecule has 0 saturated carbocycles. The van der Waals surface area contributed by atoms with Gasteiger partial charge in [0.25, 0.3) is 0 Å². The summed E-state index contributed by atoms with van der Waals surface area (Å²) in [6, 6.07) is 3.80. The van der Waals surface area contributed by atoms with Gasteiger partial charge in [0.15, 0.2) is 12.5 Å².